The lowest BCUT2D eigenvalue weighted by Crippen LogP contribution is -2.31. The first-order valence-corrected chi connectivity index (χ1v) is 15.2. The molecular weight excluding hydrogens is 464 g/mol. The van der Waals surface area contributed by atoms with E-state index in [0.717, 1.165) is 64.6 Å². The van der Waals surface area contributed by atoms with Gasteiger partial charge in [-0.05, 0) is 87.3 Å². The number of aromatic hydroxyl groups is 1. The zero-order chi connectivity index (χ0) is 25.9. The van der Waals surface area contributed by atoms with Crippen molar-refractivity contribution in [2.24, 2.45) is 17.8 Å². The van der Waals surface area contributed by atoms with Crippen molar-refractivity contribution < 1.29 is 24.1 Å². The number of hydrogen-bond acceptors (Lipinski definition) is 5. The number of rotatable bonds is 13. The molecule has 4 rings (SSSR count). The molecule has 7 atom stereocenters. The van der Waals surface area contributed by atoms with Crippen LogP contribution in [0.3, 0.4) is 0 Å². The summed E-state index contributed by atoms with van der Waals surface area (Å²) >= 11 is 0. The van der Waals surface area contributed by atoms with Crippen LogP contribution < -0.4 is 0 Å². The van der Waals surface area contributed by atoms with Gasteiger partial charge in [-0.15, -0.1) is 0 Å². The largest absolute Gasteiger partial charge is 0.508 e. The Hall–Kier alpha value is -1.40. The van der Waals surface area contributed by atoms with E-state index in [2.05, 4.69) is 32.1 Å². The van der Waals surface area contributed by atoms with Crippen molar-refractivity contribution in [3.05, 3.63) is 42.0 Å². The molecule has 37 heavy (non-hydrogen) atoms. The van der Waals surface area contributed by atoms with Crippen molar-refractivity contribution in [2.45, 2.75) is 122 Å². The molecule has 2 aliphatic heterocycles. The second-order valence-electron chi connectivity index (χ2n) is 11.3. The molecule has 0 radical (unpaired) electrons. The third kappa shape index (κ3) is 8.81. The van der Waals surface area contributed by atoms with E-state index < -0.39 is 0 Å². The Bertz CT molecular complexity index is 798. The minimum Gasteiger partial charge on any atom is -0.508 e. The molecule has 0 aromatic heterocycles. The lowest BCUT2D eigenvalue weighted by Gasteiger charge is -2.30. The van der Waals surface area contributed by atoms with Crippen LogP contribution in [0.5, 0.6) is 5.75 Å². The van der Waals surface area contributed by atoms with Gasteiger partial charge in [0.05, 0.1) is 12.2 Å². The lowest BCUT2D eigenvalue weighted by molar-refractivity contribution is -0.193. The summed E-state index contributed by atoms with van der Waals surface area (Å²) in [5.41, 5.74) is 1.20. The normalized spacial score (nSPS) is 31.6. The molecule has 1 N–H and O–H groups in total. The van der Waals surface area contributed by atoms with Gasteiger partial charge in [-0.1, -0.05) is 63.8 Å². The van der Waals surface area contributed by atoms with E-state index in [1.165, 1.54) is 37.7 Å². The molecule has 3 unspecified atom stereocenters. The summed E-state index contributed by atoms with van der Waals surface area (Å²) in [5, 5.41) is 10.1. The van der Waals surface area contributed by atoms with Crippen LogP contribution in [0.15, 0.2) is 36.4 Å². The third-order valence-electron chi connectivity index (χ3n) is 8.54. The number of benzene rings is 1. The number of ether oxygens (including phenoxy) is 4. The smallest absolute Gasteiger partial charge is 0.158 e. The molecule has 208 valence electrons. The van der Waals surface area contributed by atoms with E-state index in [0.29, 0.717) is 23.5 Å². The van der Waals surface area contributed by atoms with Crippen LogP contribution in [-0.2, 0) is 25.4 Å². The summed E-state index contributed by atoms with van der Waals surface area (Å²) in [6.45, 7) is 6.16. The van der Waals surface area contributed by atoms with Gasteiger partial charge in [-0.25, -0.2) is 0 Å². The van der Waals surface area contributed by atoms with Crippen molar-refractivity contribution in [1.29, 1.82) is 0 Å². The van der Waals surface area contributed by atoms with Crippen LogP contribution in [0.1, 0.15) is 96.5 Å². The molecule has 1 aromatic rings. The molecule has 3 fully saturated rings. The molecule has 2 heterocycles. The summed E-state index contributed by atoms with van der Waals surface area (Å²) in [5.74, 6) is 1.67. The van der Waals surface area contributed by atoms with E-state index >= 15 is 0 Å². The second kappa shape index (κ2) is 15.3. The Kier molecular flexibility index (Phi) is 11.8. The average Bonchev–Trinajstić information content (AvgIpc) is 3.24. The SMILES string of the molecule is CCCCC[C@@H](/C=C/[C@H]1[C@H](OC2CCCCO2)CC(CC)[C@@H]1Cc1cccc(O)c1)OC1CCCCO1. The maximum atomic E-state index is 10.1. The number of phenolic OH excluding ortho intramolecular Hbond substituents is 1. The summed E-state index contributed by atoms with van der Waals surface area (Å²) in [6.07, 6.45) is 19.2. The molecule has 5 heteroatoms. The van der Waals surface area contributed by atoms with Crippen LogP contribution in [0.4, 0.5) is 0 Å². The molecule has 0 spiro atoms. The van der Waals surface area contributed by atoms with Gasteiger partial charge in [0, 0.05) is 19.1 Å². The summed E-state index contributed by atoms with van der Waals surface area (Å²) in [7, 11) is 0. The molecule has 2 saturated heterocycles. The van der Waals surface area contributed by atoms with Gasteiger partial charge in [0.1, 0.15) is 5.75 Å². The highest BCUT2D eigenvalue weighted by atomic mass is 16.7. The van der Waals surface area contributed by atoms with Crippen LogP contribution in [0, 0.1) is 17.8 Å². The van der Waals surface area contributed by atoms with Crippen LogP contribution in [-0.4, -0.2) is 43.1 Å². The van der Waals surface area contributed by atoms with Gasteiger partial charge in [0.15, 0.2) is 12.6 Å². The minimum atomic E-state index is -0.0843. The molecule has 0 bridgehead atoms. The quantitative estimate of drug-likeness (QED) is 0.217. The van der Waals surface area contributed by atoms with E-state index in [-0.39, 0.29) is 24.8 Å². The maximum Gasteiger partial charge on any atom is 0.158 e. The predicted molar refractivity (Wildman–Crippen MR) is 147 cm³/mol. The fourth-order valence-electron chi connectivity index (χ4n) is 6.45. The number of unbranched alkanes of at least 4 members (excludes halogenated alkanes) is 2. The molecule has 0 amide bonds. The first-order chi connectivity index (χ1) is 18.2. The molecule has 1 aromatic carbocycles. The van der Waals surface area contributed by atoms with E-state index in [1.807, 2.05) is 12.1 Å². The standard InChI is InChI=1S/C32H50O5/c1-3-5-6-14-27(36-31-15-7-9-19-34-31)17-18-28-29(22-24-12-11-13-26(33)21-24)25(4-2)23-30(28)37-32-16-8-10-20-35-32/h11-13,17-18,21,25,27-33H,3-10,14-16,19-20,22-23H2,1-2H3/b18-17+/t25?,27-,28+,29-,30+,31?,32?/m0/s1. The number of phenols is 1. The highest BCUT2D eigenvalue weighted by molar-refractivity contribution is 5.28. The van der Waals surface area contributed by atoms with Crippen molar-refractivity contribution in [1.82, 2.24) is 0 Å². The Morgan fingerprint density at radius 2 is 1.81 bits per heavy atom. The maximum absolute atomic E-state index is 10.1. The predicted octanol–water partition coefficient (Wildman–Crippen LogP) is 7.56. The van der Waals surface area contributed by atoms with E-state index in [9.17, 15) is 5.11 Å². The van der Waals surface area contributed by atoms with Crippen LogP contribution in [0.25, 0.3) is 0 Å². The first kappa shape index (κ1) is 28.6. The summed E-state index contributed by atoms with van der Waals surface area (Å²) in [4.78, 5) is 0. The Balaban J connectivity index is 1.52. The Labute approximate surface area is 224 Å². The second-order valence-corrected chi connectivity index (χ2v) is 11.3. The Morgan fingerprint density at radius 1 is 1.03 bits per heavy atom. The summed E-state index contributed by atoms with van der Waals surface area (Å²) < 4.78 is 25.1. The molecule has 1 aliphatic carbocycles. The van der Waals surface area contributed by atoms with Crippen molar-refractivity contribution in [2.75, 3.05) is 13.2 Å². The van der Waals surface area contributed by atoms with Gasteiger partial charge in [0.2, 0.25) is 0 Å². The fraction of sp³-hybridized carbons (Fsp3) is 0.750. The van der Waals surface area contributed by atoms with E-state index in [4.69, 9.17) is 18.9 Å². The van der Waals surface area contributed by atoms with Crippen molar-refractivity contribution in [3.63, 3.8) is 0 Å². The molecular formula is C32H50O5. The highest BCUT2D eigenvalue weighted by Crippen LogP contribution is 2.44. The van der Waals surface area contributed by atoms with Crippen LogP contribution in [0.2, 0.25) is 0 Å². The van der Waals surface area contributed by atoms with Gasteiger partial charge >= 0.3 is 0 Å². The van der Waals surface area contributed by atoms with Crippen molar-refractivity contribution >= 4 is 0 Å². The van der Waals surface area contributed by atoms with Gasteiger partial charge in [-0.3, -0.25) is 0 Å². The highest BCUT2D eigenvalue weighted by Gasteiger charge is 2.43. The zero-order valence-corrected chi connectivity index (χ0v) is 23.2. The van der Waals surface area contributed by atoms with Gasteiger partial charge in [0.25, 0.3) is 0 Å². The Morgan fingerprint density at radius 3 is 2.49 bits per heavy atom. The molecule has 1 saturated carbocycles. The average molecular weight is 515 g/mol. The first-order valence-electron chi connectivity index (χ1n) is 15.2. The minimum absolute atomic E-state index is 0.0725. The number of hydrogen-bond donors (Lipinski definition) is 1. The monoisotopic (exact) mass is 514 g/mol. The van der Waals surface area contributed by atoms with Gasteiger partial charge in [-0.2, -0.15) is 0 Å². The summed E-state index contributed by atoms with van der Waals surface area (Å²) in [6, 6.07) is 7.77. The van der Waals surface area contributed by atoms with Gasteiger partial charge < -0.3 is 24.1 Å². The van der Waals surface area contributed by atoms with Crippen molar-refractivity contribution in [3.8, 4) is 5.75 Å². The lowest BCUT2D eigenvalue weighted by atomic mass is 9.82. The molecule has 3 aliphatic rings. The fourth-order valence-corrected chi connectivity index (χ4v) is 6.45. The topological polar surface area (TPSA) is 57.2 Å². The zero-order valence-electron chi connectivity index (χ0n) is 23.2. The van der Waals surface area contributed by atoms with E-state index in [1.54, 1.807) is 6.07 Å². The molecule has 5 nitrogen and oxygen atoms in total. The van der Waals surface area contributed by atoms with Crippen LogP contribution >= 0.6 is 0 Å². The third-order valence-corrected chi connectivity index (χ3v) is 8.54.